The summed E-state index contributed by atoms with van der Waals surface area (Å²) >= 11 is 0. The maximum Gasteiger partial charge on any atom is 0.343 e. The molecule has 0 radical (unpaired) electrons. The molecular weight excluding hydrogens is 288 g/mol. The quantitative estimate of drug-likeness (QED) is 0.488. The average molecular weight is 310 g/mol. The van der Waals surface area contributed by atoms with Gasteiger partial charge in [-0.2, -0.15) is 0 Å². The van der Waals surface area contributed by atoms with Gasteiger partial charge in [-0.3, -0.25) is 4.79 Å². The van der Waals surface area contributed by atoms with Gasteiger partial charge in [0.25, 0.3) is 0 Å². The Labute approximate surface area is 130 Å². The smallest absolute Gasteiger partial charge is 0.343 e. The molecule has 6 heteroatoms. The van der Waals surface area contributed by atoms with E-state index in [1.54, 1.807) is 24.3 Å². The zero-order valence-corrected chi connectivity index (χ0v) is 13.0. The molecule has 1 rings (SSSR count). The molecule has 0 saturated carbocycles. The van der Waals surface area contributed by atoms with Crippen molar-refractivity contribution in [2.75, 3.05) is 27.4 Å². The van der Waals surface area contributed by atoms with E-state index in [-0.39, 0.29) is 12.6 Å². The lowest BCUT2D eigenvalue weighted by atomic mass is 10.2. The zero-order valence-electron chi connectivity index (χ0n) is 13.0. The van der Waals surface area contributed by atoms with Gasteiger partial charge in [-0.1, -0.05) is 0 Å². The highest BCUT2D eigenvalue weighted by molar-refractivity contribution is 5.70. The number of unbranched alkanes of at least 4 members (excludes halogenated alkanes) is 2. The molecule has 122 valence electrons. The Morgan fingerprint density at radius 2 is 1.41 bits per heavy atom. The summed E-state index contributed by atoms with van der Waals surface area (Å²) in [5, 5.41) is 0. The molecule has 6 nitrogen and oxygen atoms in total. The summed E-state index contributed by atoms with van der Waals surface area (Å²) in [6.07, 6.45) is 3.03. The van der Waals surface area contributed by atoms with Crippen LogP contribution in [0.3, 0.4) is 0 Å². The van der Waals surface area contributed by atoms with E-state index in [1.165, 1.54) is 14.2 Å². The fraction of sp³-hybridized carbons (Fsp3) is 0.500. The van der Waals surface area contributed by atoms with Gasteiger partial charge >= 0.3 is 11.9 Å². The molecule has 0 bridgehead atoms. The second kappa shape index (κ2) is 10.5. The Morgan fingerprint density at radius 3 is 2.00 bits per heavy atom. The number of carbonyl (C=O) groups excluding carboxylic acids is 2. The Morgan fingerprint density at radius 1 is 0.818 bits per heavy atom. The summed E-state index contributed by atoms with van der Waals surface area (Å²) in [4.78, 5) is 21.9. The molecule has 0 atom stereocenters. The molecule has 0 aliphatic rings. The molecular formula is C16H22O6. The largest absolute Gasteiger partial charge is 0.494 e. The third-order valence-corrected chi connectivity index (χ3v) is 2.93. The van der Waals surface area contributed by atoms with Crippen LogP contribution >= 0.6 is 0 Å². The minimum atomic E-state index is -0.424. The number of hydrogen-bond acceptors (Lipinski definition) is 6. The van der Waals surface area contributed by atoms with E-state index >= 15 is 0 Å². The van der Waals surface area contributed by atoms with Gasteiger partial charge in [-0.25, -0.2) is 4.79 Å². The number of carbonyl (C=O) groups is 2. The van der Waals surface area contributed by atoms with Crippen molar-refractivity contribution in [2.45, 2.75) is 25.7 Å². The number of esters is 2. The van der Waals surface area contributed by atoms with Crippen LogP contribution < -0.4 is 9.47 Å². The summed E-state index contributed by atoms with van der Waals surface area (Å²) in [5.74, 6) is 0.713. The third kappa shape index (κ3) is 7.52. The van der Waals surface area contributed by atoms with Crippen molar-refractivity contribution in [2.24, 2.45) is 0 Å². The standard InChI is InChI=1S/C16H22O6/c1-19-15(17)6-4-3-5-11-21-13-7-9-14(10-8-13)22-12-16(18)20-2/h7-10H,3-6,11-12H2,1-2H3. The minimum Gasteiger partial charge on any atom is -0.494 e. The molecule has 0 unspecified atom stereocenters. The van der Waals surface area contributed by atoms with Crippen LogP contribution in [0.5, 0.6) is 11.5 Å². The van der Waals surface area contributed by atoms with Crippen molar-refractivity contribution in [1.29, 1.82) is 0 Å². The lowest BCUT2D eigenvalue weighted by Crippen LogP contribution is -2.12. The van der Waals surface area contributed by atoms with Gasteiger partial charge in [-0.05, 0) is 43.5 Å². The van der Waals surface area contributed by atoms with Crippen LogP contribution in [0.2, 0.25) is 0 Å². The van der Waals surface area contributed by atoms with E-state index in [2.05, 4.69) is 9.47 Å². The fourth-order valence-corrected chi connectivity index (χ4v) is 1.67. The van der Waals surface area contributed by atoms with E-state index < -0.39 is 5.97 Å². The molecule has 0 aliphatic carbocycles. The van der Waals surface area contributed by atoms with Gasteiger partial charge in [0.15, 0.2) is 6.61 Å². The van der Waals surface area contributed by atoms with Crippen LogP contribution in [0.1, 0.15) is 25.7 Å². The first kappa shape index (κ1) is 17.8. The van der Waals surface area contributed by atoms with Crippen LogP contribution in [0.4, 0.5) is 0 Å². The van der Waals surface area contributed by atoms with Gasteiger partial charge in [0.1, 0.15) is 11.5 Å². The molecule has 0 aromatic heterocycles. The van der Waals surface area contributed by atoms with E-state index in [9.17, 15) is 9.59 Å². The SMILES string of the molecule is COC(=O)CCCCCOc1ccc(OCC(=O)OC)cc1. The van der Waals surface area contributed by atoms with E-state index in [1.807, 2.05) is 0 Å². The van der Waals surface area contributed by atoms with Crippen LogP contribution in [0.15, 0.2) is 24.3 Å². The Kier molecular flexibility index (Phi) is 8.49. The molecule has 0 heterocycles. The summed E-state index contributed by atoms with van der Waals surface area (Å²) in [6.45, 7) is 0.473. The lowest BCUT2D eigenvalue weighted by Gasteiger charge is -2.08. The topological polar surface area (TPSA) is 71.1 Å². The molecule has 0 spiro atoms. The second-order valence-electron chi connectivity index (χ2n) is 4.57. The monoisotopic (exact) mass is 310 g/mol. The van der Waals surface area contributed by atoms with E-state index in [0.717, 1.165) is 25.0 Å². The summed E-state index contributed by atoms with van der Waals surface area (Å²) in [5.41, 5.74) is 0. The normalized spacial score (nSPS) is 9.91. The average Bonchev–Trinajstić information content (AvgIpc) is 2.56. The molecule has 1 aromatic rings. The van der Waals surface area contributed by atoms with Crippen LogP contribution in [0.25, 0.3) is 0 Å². The first-order chi connectivity index (χ1) is 10.7. The molecule has 0 N–H and O–H groups in total. The zero-order chi connectivity index (χ0) is 16.2. The molecule has 0 saturated heterocycles. The number of benzene rings is 1. The second-order valence-corrected chi connectivity index (χ2v) is 4.57. The van der Waals surface area contributed by atoms with E-state index in [0.29, 0.717) is 18.8 Å². The Balaban J connectivity index is 2.16. The predicted octanol–water partition coefficient (Wildman–Crippen LogP) is 2.35. The van der Waals surface area contributed by atoms with Crippen molar-refractivity contribution in [3.8, 4) is 11.5 Å². The highest BCUT2D eigenvalue weighted by Gasteiger charge is 2.02. The third-order valence-electron chi connectivity index (χ3n) is 2.93. The van der Waals surface area contributed by atoms with Crippen LogP contribution in [0, 0.1) is 0 Å². The molecule has 0 amide bonds. The van der Waals surface area contributed by atoms with Crippen molar-refractivity contribution >= 4 is 11.9 Å². The fourth-order valence-electron chi connectivity index (χ4n) is 1.67. The number of hydrogen-bond donors (Lipinski definition) is 0. The first-order valence-corrected chi connectivity index (χ1v) is 7.15. The van der Waals surface area contributed by atoms with Gasteiger partial charge in [0.2, 0.25) is 0 Å². The Hall–Kier alpha value is -2.24. The summed E-state index contributed by atoms with van der Waals surface area (Å²) < 4.78 is 19.9. The maximum atomic E-state index is 10.9. The van der Waals surface area contributed by atoms with Crippen LogP contribution in [-0.2, 0) is 19.1 Å². The molecule has 0 fully saturated rings. The van der Waals surface area contributed by atoms with Crippen molar-refractivity contribution < 1.29 is 28.5 Å². The summed E-state index contributed by atoms with van der Waals surface area (Å²) in [6, 6.07) is 7.02. The molecule has 1 aromatic carbocycles. The van der Waals surface area contributed by atoms with E-state index in [4.69, 9.17) is 9.47 Å². The van der Waals surface area contributed by atoms with Crippen LogP contribution in [-0.4, -0.2) is 39.4 Å². The van der Waals surface area contributed by atoms with Gasteiger partial charge in [0.05, 0.1) is 20.8 Å². The van der Waals surface area contributed by atoms with Gasteiger partial charge in [-0.15, -0.1) is 0 Å². The van der Waals surface area contributed by atoms with Crippen molar-refractivity contribution in [3.05, 3.63) is 24.3 Å². The summed E-state index contributed by atoms with van der Waals surface area (Å²) in [7, 11) is 2.71. The lowest BCUT2D eigenvalue weighted by molar-refractivity contribution is -0.143. The minimum absolute atomic E-state index is 0.114. The van der Waals surface area contributed by atoms with Crippen molar-refractivity contribution in [3.63, 3.8) is 0 Å². The molecule has 0 aliphatic heterocycles. The van der Waals surface area contributed by atoms with Gasteiger partial charge < -0.3 is 18.9 Å². The maximum absolute atomic E-state index is 10.9. The number of rotatable bonds is 10. The highest BCUT2D eigenvalue weighted by Crippen LogP contribution is 2.18. The Bertz CT molecular complexity index is 454. The number of ether oxygens (including phenoxy) is 4. The molecule has 22 heavy (non-hydrogen) atoms. The number of methoxy groups -OCH3 is 2. The first-order valence-electron chi connectivity index (χ1n) is 7.15. The predicted molar refractivity (Wildman–Crippen MR) is 79.9 cm³/mol. The highest BCUT2D eigenvalue weighted by atomic mass is 16.6. The van der Waals surface area contributed by atoms with Gasteiger partial charge in [0, 0.05) is 6.42 Å². The van der Waals surface area contributed by atoms with Crippen molar-refractivity contribution in [1.82, 2.24) is 0 Å².